The highest BCUT2D eigenvalue weighted by atomic mass is 16.1. The third kappa shape index (κ3) is 2.35. The van der Waals surface area contributed by atoms with Crippen LogP contribution in [0.3, 0.4) is 0 Å². The number of rotatable bonds is 2. The van der Waals surface area contributed by atoms with E-state index < -0.39 is 0 Å². The lowest BCUT2D eigenvalue weighted by Crippen LogP contribution is -2.20. The number of pyridine rings is 1. The molecule has 19 heavy (non-hydrogen) atoms. The lowest BCUT2D eigenvalue weighted by Gasteiger charge is -2.23. The predicted octanol–water partition coefficient (Wildman–Crippen LogP) is 3.56. The van der Waals surface area contributed by atoms with Crippen molar-refractivity contribution < 1.29 is 0 Å². The SMILES string of the molecule is CCC1CCc2[nH]c(=O)c(-c3ccccc3)cc2C1. The van der Waals surface area contributed by atoms with Crippen LogP contribution in [0.2, 0.25) is 0 Å². The number of benzene rings is 1. The molecule has 2 nitrogen and oxygen atoms in total. The van der Waals surface area contributed by atoms with E-state index in [4.69, 9.17) is 0 Å². The molecule has 1 unspecified atom stereocenters. The highest BCUT2D eigenvalue weighted by molar-refractivity contribution is 5.63. The van der Waals surface area contributed by atoms with E-state index >= 15 is 0 Å². The van der Waals surface area contributed by atoms with Crippen LogP contribution >= 0.6 is 0 Å². The number of aromatic amines is 1. The molecule has 0 amide bonds. The normalized spacial score (nSPS) is 18.1. The summed E-state index contributed by atoms with van der Waals surface area (Å²) in [6, 6.07) is 12.0. The summed E-state index contributed by atoms with van der Waals surface area (Å²) in [5.41, 5.74) is 4.33. The maximum atomic E-state index is 12.2. The maximum Gasteiger partial charge on any atom is 0.256 e. The zero-order chi connectivity index (χ0) is 13.2. The molecule has 1 heterocycles. The van der Waals surface area contributed by atoms with Crippen LogP contribution in [0.4, 0.5) is 0 Å². The van der Waals surface area contributed by atoms with Crippen LogP contribution in [0.15, 0.2) is 41.2 Å². The third-order valence-electron chi connectivity index (χ3n) is 4.19. The van der Waals surface area contributed by atoms with Crippen LogP contribution in [-0.4, -0.2) is 4.98 Å². The van der Waals surface area contributed by atoms with Gasteiger partial charge < -0.3 is 4.98 Å². The summed E-state index contributed by atoms with van der Waals surface area (Å²) >= 11 is 0. The molecule has 1 N–H and O–H groups in total. The first-order chi connectivity index (χ1) is 9.28. The summed E-state index contributed by atoms with van der Waals surface area (Å²) in [6.45, 7) is 2.25. The smallest absolute Gasteiger partial charge is 0.256 e. The maximum absolute atomic E-state index is 12.2. The van der Waals surface area contributed by atoms with Crippen molar-refractivity contribution in [1.29, 1.82) is 0 Å². The molecule has 1 atom stereocenters. The van der Waals surface area contributed by atoms with Gasteiger partial charge in [-0.05, 0) is 42.4 Å². The number of H-pyrrole nitrogens is 1. The molecule has 0 spiro atoms. The highest BCUT2D eigenvalue weighted by Crippen LogP contribution is 2.27. The van der Waals surface area contributed by atoms with E-state index in [0.717, 1.165) is 35.6 Å². The molecular weight excluding hydrogens is 234 g/mol. The Hall–Kier alpha value is -1.83. The Morgan fingerprint density at radius 3 is 2.79 bits per heavy atom. The fourth-order valence-electron chi connectivity index (χ4n) is 2.96. The summed E-state index contributed by atoms with van der Waals surface area (Å²) in [5.74, 6) is 0.766. The van der Waals surface area contributed by atoms with Crippen molar-refractivity contribution in [2.24, 2.45) is 5.92 Å². The standard InChI is InChI=1S/C17H19NO/c1-2-12-8-9-16-14(10-12)11-15(17(19)18-16)13-6-4-3-5-7-13/h3-7,11-12H,2,8-10H2,1H3,(H,18,19). The van der Waals surface area contributed by atoms with Gasteiger partial charge in [0.25, 0.3) is 5.56 Å². The molecule has 0 saturated heterocycles. The number of hydrogen-bond acceptors (Lipinski definition) is 1. The fourth-order valence-corrected chi connectivity index (χ4v) is 2.96. The van der Waals surface area contributed by atoms with Crippen molar-refractivity contribution in [3.8, 4) is 11.1 Å². The van der Waals surface area contributed by atoms with Gasteiger partial charge in [-0.3, -0.25) is 4.79 Å². The van der Waals surface area contributed by atoms with Gasteiger partial charge in [-0.25, -0.2) is 0 Å². The zero-order valence-corrected chi connectivity index (χ0v) is 11.3. The minimum Gasteiger partial charge on any atom is -0.325 e. The minimum absolute atomic E-state index is 0.0416. The molecule has 2 heteroatoms. The molecule has 1 aliphatic carbocycles. The Morgan fingerprint density at radius 1 is 1.26 bits per heavy atom. The quantitative estimate of drug-likeness (QED) is 0.872. The first-order valence-electron chi connectivity index (χ1n) is 7.08. The molecular formula is C17H19NO. The van der Waals surface area contributed by atoms with E-state index in [1.807, 2.05) is 30.3 Å². The van der Waals surface area contributed by atoms with Crippen molar-refractivity contribution in [2.75, 3.05) is 0 Å². The van der Waals surface area contributed by atoms with E-state index in [9.17, 15) is 4.79 Å². The first-order valence-corrected chi connectivity index (χ1v) is 7.08. The van der Waals surface area contributed by atoms with Crippen molar-refractivity contribution in [2.45, 2.75) is 32.6 Å². The van der Waals surface area contributed by atoms with E-state index in [1.165, 1.54) is 18.4 Å². The van der Waals surface area contributed by atoms with Gasteiger partial charge in [0.15, 0.2) is 0 Å². The van der Waals surface area contributed by atoms with Crippen molar-refractivity contribution >= 4 is 0 Å². The van der Waals surface area contributed by atoms with Gasteiger partial charge in [0.2, 0.25) is 0 Å². The second-order valence-electron chi connectivity index (χ2n) is 5.40. The van der Waals surface area contributed by atoms with E-state index in [2.05, 4.69) is 18.0 Å². The van der Waals surface area contributed by atoms with Crippen LogP contribution < -0.4 is 5.56 Å². The van der Waals surface area contributed by atoms with Gasteiger partial charge in [0.1, 0.15) is 0 Å². The molecule has 0 aliphatic heterocycles. The molecule has 1 aromatic carbocycles. The lowest BCUT2D eigenvalue weighted by atomic mass is 9.84. The Kier molecular flexibility index (Phi) is 3.24. The van der Waals surface area contributed by atoms with Crippen molar-refractivity contribution in [1.82, 2.24) is 4.98 Å². The Balaban J connectivity index is 2.06. The van der Waals surface area contributed by atoms with Gasteiger partial charge in [-0.15, -0.1) is 0 Å². The van der Waals surface area contributed by atoms with Gasteiger partial charge in [-0.1, -0.05) is 43.7 Å². The monoisotopic (exact) mass is 253 g/mol. The average Bonchev–Trinajstić information content (AvgIpc) is 2.47. The Morgan fingerprint density at radius 2 is 2.05 bits per heavy atom. The molecule has 1 aromatic heterocycles. The van der Waals surface area contributed by atoms with E-state index in [-0.39, 0.29) is 5.56 Å². The number of nitrogens with one attached hydrogen (secondary N) is 1. The van der Waals surface area contributed by atoms with Gasteiger partial charge in [0, 0.05) is 11.3 Å². The summed E-state index contributed by atoms with van der Waals surface area (Å²) in [6.07, 6.45) is 4.53. The number of aryl methyl sites for hydroxylation is 1. The van der Waals surface area contributed by atoms with Gasteiger partial charge >= 0.3 is 0 Å². The molecule has 98 valence electrons. The zero-order valence-electron chi connectivity index (χ0n) is 11.3. The van der Waals surface area contributed by atoms with Gasteiger partial charge in [-0.2, -0.15) is 0 Å². The second kappa shape index (κ2) is 5.04. The average molecular weight is 253 g/mol. The summed E-state index contributed by atoms with van der Waals surface area (Å²) in [4.78, 5) is 15.3. The summed E-state index contributed by atoms with van der Waals surface area (Å²) in [5, 5.41) is 0. The molecule has 0 radical (unpaired) electrons. The van der Waals surface area contributed by atoms with E-state index in [1.54, 1.807) is 0 Å². The predicted molar refractivity (Wildman–Crippen MR) is 78.3 cm³/mol. The van der Waals surface area contributed by atoms with Crippen LogP contribution in [-0.2, 0) is 12.8 Å². The Labute approximate surface area is 113 Å². The molecule has 0 fully saturated rings. The third-order valence-corrected chi connectivity index (χ3v) is 4.19. The Bertz CT molecular complexity index is 627. The van der Waals surface area contributed by atoms with Crippen molar-refractivity contribution in [3.63, 3.8) is 0 Å². The number of aromatic nitrogens is 1. The molecule has 0 bridgehead atoms. The van der Waals surface area contributed by atoms with Crippen LogP contribution in [0.5, 0.6) is 0 Å². The second-order valence-corrected chi connectivity index (χ2v) is 5.40. The largest absolute Gasteiger partial charge is 0.325 e. The molecule has 0 saturated carbocycles. The van der Waals surface area contributed by atoms with Crippen LogP contribution in [0, 0.1) is 5.92 Å². The molecule has 1 aliphatic rings. The first kappa shape index (κ1) is 12.2. The van der Waals surface area contributed by atoms with Crippen LogP contribution in [0.1, 0.15) is 31.0 Å². The fraction of sp³-hybridized carbons (Fsp3) is 0.353. The lowest BCUT2D eigenvalue weighted by molar-refractivity contribution is 0.439. The van der Waals surface area contributed by atoms with Crippen LogP contribution in [0.25, 0.3) is 11.1 Å². The highest BCUT2D eigenvalue weighted by Gasteiger charge is 2.19. The van der Waals surface area contributed by atoms with Crippen molar-refractivity contribution in [3.05, 3.63) is 58.0 Å². The summed E-state index contributed by atoms with van der Waals surface area (Å²) in [7, 11) is 0. The molecule has 3 rings (SSSR count). The molecule has 2 aromatic rings. The van der Waals surface area contributed by atoms with Gasteiger partial charge in [0.05, 0.1) is 0 Å². The number of fused-ring (bicyclic) bond motifs is 1. The topological polar surface area (TPSA) is 32.9 Å². The van der Waals surface area contributed by atoms with E-state index in [0.29, 0.717) is 0 Å². The number of hydrogen-bond donors (Lipinski definition) is 1. The minimum atomic E-state index is 0.0416. The summed E-state index contributed by atoms with van der Waals surface area (Å²) < 4.78 is 0.